The van der Waals surface area contributed by atoms with E-state index in [-0.39, 0.29) is 28.9 Å². The van der Waals surface area contributed by atoms with Crippen LogP contribution in [0.3, 0.4) is 0 Å². The highest BCUT2D eigenvalue weighted by atomic mass is 35.5. The topological polar surface area (TPSA) is 72.7 Å². The van der Waals surface area contributed by atoms with Gasteiger partial charge in [-0.25, -0.2) is 0 Å². The minimum Gasteiger partial charge on any atom is -0.490 e. The molecule has 2 rings (SSSR count). The minimum absolute atomic E-state index is 0.116. The van der Waals surface area contributed by atoms with Gasteiger partial charge >= 0.3 is 5.69 Å². The first-order chi connectivity index (χ1) is 11.3. The first kappa shape index (κ1) is 17.7. The molecule has 0 aliphatic carbocycles. The molecular formula is C17H17ClN2O4. The quantitative estimate of drug-likeness (QED) is 0.602. The van der Waals surface area contributed by atoms with Crippen molar-refractivity contribution < 1.29 is 14.5 Å². The van der Waals surface area contributed by atoms with Gasteiger partial charge in [0.2, 0.25) is 0 Å². The van der Waals surface area contributed by atoms with Gasteiger partial charge < -0.3 is 9.64 Å². The van der Waals surface area contributed by atoms with Gasteiger partial charge in [0.1, 0.15) is 0 Å². The molecule has 0 heterocycles. The molecule has 0 spiro atoms. The number of ether oxygens (including phenoxy) is 1. The lowest BCUT2D eigenvalue weighted by Gasteiger charge is -2.25. The van der Waals surface area contributed by atoms with Gasteiger partial charge in [-0.15, -0.1) is 0 Å². The highest BCUT2D eigenvalue weighted by Crippen LogP contribution is 2.29. The molecule has 0 N–H and O–H groups in total. The summed E-state index contributed by atoms with van der Waals surface area (Å²) in [6.07, 6.45) is 0. The minimum atomic E-state index is -0.571. The Bertz CT molecular complexity index is 762. The molecule has 0 radical (unpaired) electrons. The number of nitro benzene ring substituents is 1. The van der Waals surface area contributed by atoms with Crippen molar-refractivity contribution in [1.82, 2.24) is 4.90 Å². The van der Waals surface area contributed by atoms with Gasteiger partial charge in [0.15, 0.2) is 5.75 Å². The van der Waals surface area contributed by atoms with Gasteiger partial charge in [0.05, 0.1) is 18.1 Å². The molecule has 7 heteroatoms. The standard InChI is InChI=1S/C17H17ClN2O4/c1-11(12-4-7-14(18)8-5-12)19(2)17(21)13-6-9-16(24-3)15(10-13)20(22)23/h4-11H,1-3H3/t11-/m0/s1. The summed E-state index contributed by atoms with van der Waals surface area (Å²) in [5.74, 6) is -0.201. The third kappa shape index (κ3) is 3.65. The second-order valence-corrected chi connectivity index (χ2v) is 5.72. The van der Waals surface area contributed by atoms with E-state index in [2.05, 4.69) is 0 Å². The lowest BCUT2D eigenvalue weighted by Crippen LogP contribution is -2.29. The summed E-state index contributed by atoms with van der Waals surface area (Å²) in [5, 5.41) is 11.7. The van der Waals surface area contributed by atoms with E-state index >= 15 is 0 Å². The summed E-state index contributed by atoms with van der Waals surface area (Å²) in [6, 6.07) is 11.1. The lowest BCUT2D eigenvalue weighted by molar-refractivity contribution is -0.385. The van der Waals surface area contributed by atoms with Crippen LogP contribution in [0.4, 0.5) is 5.69 Å². The molecule has 0 aliphatic rings. The van der Waals surface area contributed by atoms with Crippen molar-refractivity contribution in [2.75, 3.05) is 14.2 Å². The van der Waals surface area contributed by atoms with E-state index < -0.39 is 4.92 Å². The molecule has 2 aromatic rings. The van der Waals surface area contributed by atoms with Crippen LogP contribution in [-0.2, 0) is 0 Å². The Hall–Kier alpha value is -2.60. The smallest absolute Gasteiger partial charge is 0.311 e. The zero-order chi connectivity index (χ0) is 17.9. The van der Waals surface area contributed by atoms with Crippen molar-refractivity contribution in [3.8, 4) is 5.75 Å². The van der Waals surface area contributed by atoms with Crippen LogP contribution in [0.25, 0.3) is 0 Å². The number of methoxy groups -OCH3 is 1. The number of rotatable bonds is 5. The summed E-state index contributed by atoms with van der Waals surface area (Å²) >= 11 is 5.87. The molecule has 0 aliphatic heterocycles. The molecule has 2 aromatic carbocycles. The average Bonchev–Trinajstić information content (AvgIpc) is 2.59. The van der Waals surface area contributed by atoms with Crippen molar-refractivity contribution >= 4 is 23.2 Å². The van der Waals surface area contributed by atoms with Gasteiger partial charge in [0.25, 0.3) is 5.91 Å². The molecule has 0 saturated carbocycles. The molecule has 126 valence electrons. The fourth-order valence-electron chi connectivity index (χ4n) is 2.31. The van der Waals surface area contributed by atoms with Crippen LogP contribution in [0.1, 0.15) is 28.9 Å². The van der Waals surface area contributed by atoms with E-state index in [0.717, 1.165) is 5.56 Å². The summed E-state index contributed by atoms with van der Waals surface area (Å²) in [6.45, 7) is 1.87. The normalized spacial score (nSPS) is 11.7. The van der Waals surface area contributed by atoms with Gasteiger partial charge in [-0.3, -0.25) is 14.9 Å². The summed E-state index contributed by atoms with van der Waals surface area (Å²) in [5.41, 5.74) is 0.903. The largest absolute Gasteiger partial charge is 0.490 e. The Morgan fingerprint density at radius 1 is 1.25 bits per heavy atom. The molecule has 0 saturated heterocycles. The van der Waals surface area contributed by atoms with Crippen LogP contribution in [0, 0.1) is 10.1 Å². The van der Waals surface area contributed by atoms with Gasteiger partial charge in [-0.1, -0.05) is 23.7 Å². The predicted octanol–water partition coefficient (Wildman–Crippen LogP) is 4.09. The Labute approximate surface area is 144 Å². The van der Waals surface area contributed by atoms with E-state index in [1.165, 1.54) is 30.2 Å². The van der Waals surface area contributed by atoms with Crippen LogP contribution < -0.4 is 4.74 Å². The van der Waals surface area contributed by atoms with Crippen LogP contribution >= 0.6 is 11.6 Å². The van der Waals surface area contributed by atoms with E-state index in [9.17, 15) is 14.9 Å². The zero-order valence-electron chi connectivity index (χ0n) is 13.5. The number of benzene rings is 2. The van der Waals surface area contributed by atoms with E-state index in [4.69, 9.17) is 16.3 Å². The Morgan fingerprint density at radius 3 is 2.42 bits per heavy atom. The molecular weight excluding hydrogens is 332 g/mol. The molecule has 24 heavy (non-hydrogen) atoms. The molecule has 6 nitrogen and oxygen atoms in total. The summed E-state index contributed by atoms with van der Waals surface area (Å²) < 4.78 is 4.95. The highest BCUT2D eigenvalue weighted by molar-refractivity contribution is 6.30. The molecule has 0 unspecified atom stereocenters. The molecule has 1 amide bonds. The summed E-state index contributed by atoms with van der Waals surface area (Å²) in [4.78, 5) is 24.7. The van der Waals surface area contributed by atoms with Crippen molar-refractivity contribution in [2.24, 2.45) is 0 Å². The Balaban J connectivity index is 2.28. The monoisotopic (exact) mass is 348 g/mol. The van der Waals surface area contributed by atoms with Crippen molar-refractivity contribution in [3.63, 3.8) is 0 Å². The van der Waals surface area contributed by atoms with E-state index in [0.29, 0.717) is 5.02 Å². The second kappa shape index (κ2) is 7.31. The van der Waals surface area contributed by atoms with Gasteiger partial charge in [-0.2, -0.15) is 0 Å². The number of halogens is 1. The highest BCUT2D eigenvalue weighted by Gasteiger charge is 2.23. The third-order valence-electron chi connectivity index (χ3n) is 3.88. The van der Waals surface area contributed by atoms with E-state index in [1.54, 1.807) is 19.2 Å². The summed E-state index contributed by atoms with van der Waals surface area (Å²) in [7, 11) is 3.00. The number of amides is 1. The number of nitrogens with zero attached hydrogens (tertiary/aromatic N) is 2. The number of hydrogen-bond donors (Lipinski definition) is 0. The zero-order valence-corrected chi connectivity index (χ0v) is 14.3. The number of carbonyl (C=O) groups is 1. The van der Waals surface area contributed by atoms with Crippen LogP contribution in [0.15, 0.2) is 42.5 Å². The lowest BCUT2D eigenvalue weighted by atomic mass is 10.1. The van der Waals surface area contributed by atoms with Crippen LogP contribution in [0.5, 0.6) is 5.75 Å². The number of nitro groups is 1. The number of carbonyl (C=O) groups excluding carboxylic acids is 1. The maximum atomic E-state index is 12.6. The van der Waals surface area contributed by atoms with Crippen molar-refractivity contribution in [2.45, 2.75) is 13.0 Å². The van der Waals surface area contributed by atoms with Crippen molar-refractivity contribution in [1.29, 1.82) is 0 Å². The SMILES string of the molecule is COc1ccc(C(=O)N(C)[C@@H](C)c2ccc(Cl)cc2)cc1[N+](=O)[O-]. The second-order valence-electron chi connectivity index (χ2n) is 5.29. The van der Waals surface area contributed by atoms with Crippen molar-refractivity contribution in [3.05, 3.63) is 68.7 Å². The molecule has 0 bridgehead atoms. The molecule has 0 aromatic heterocycles. The fourth-order valence-corrected chi connectivity index (χ4v) is 2.44. The Morgan fingerprint density at radius 2 is 1.88 bits per heavy atom. The van der Waals surface area contributed by atoms with Crippen LogP contribution in [-0.4, -0.2) is 29.9 Å². The maximum Gasteiger partial charge on any atom is 0.311 e. The number of hydrogen-bond acceptors (Lipinski definition) is 4. The maximum absolute atomic E-state index is 12.6. The average molecular weight is 349 g/mol. The van der Waals surface area contributed by atoms with E-state index in [1.807, 2.05) is 19.1 Å². The van der Waals surface area contributed by atoms with Gasteiger partial charge in [0, 0.05) is 23.7 Å². The predicted molar refractivity (Wildman–Crippen MR) is 91.6 cm³/mol. The Kier molecular flexibility index (Phi) is 5.41. The third-order valence-corrected chi connectivity index (χ3v) is 4.13. The fraction of sp³-hybridized carbons (Fsp3) is 0.235. The first-order valence-corrected chi connectivity index (χ1v) is 7.58. The first-order valence-electron chi connectivity index (χ1n) is 7.20. The molecule has 0 fully saturated rings. The van der Waals surface area contributed by atoms with Crippen LogP contribution in [0.2, 0.25) is 5.02 Å². The van der Waals surface area contributed by atoms with Gasteiger partial charge in [-0.05, 0) is 36.8 Å². The molecule has 1 atom stereocenters.